The van der Waals surface area contributed by atoms with Gasteiger partial charge in [-0.05, 0) is 67.6 Å². The average Bonchev–Trinajstić information content (AvgIpc) is 3.55. The molecule has 44 heavy (non-hydrogen) atoms. The SMILES string of the molecule is COc1cccc(C2=C(C)C(Cc3c(C)cccc3F)C(=O)N(C[C@H](NCCCc3nn[nH]n3)c3ccccc3)C2=O)c1F. The highest BCUT2D eigenvalue weighted by Crippen LogP contribution is 2.38. The van der Waals surface area contributed by atoms with Gasteiger partial charge in [-0.25, -0.2) is 8.78 Å². The van der Waals surface area contributed by atoms with Crippen LogP contribution in [0, 0.1) is 24.5 Å². The lowest BCUT2D eigenvalue weighted by Gasteiger charge is -2.36. The number of ether oxygens (including phenoxy) is 1. The first-order valence-electron chi connectivity index (χ1n) is 14.4. The highest BCUT2D eigenvalue weighted by molar-refractivity contribution is 6.27. The molecular weight excluding hydrogens is 566 g/mol. The van der Waals surface area contributed by atoms with E-state index in [1.807, 2.05) is 30.3 Å². The number of aromatic amines is 1. The second-order valence-electron chi connectivity index (χ2n) is 10.8. The Morgan fingerprint density at radius 1 is 1.02 bits per heavy atom. The number of amides is 2. The third-order valence-corrected chi connectivity index (χ3v) is 8.08. The first-order chi connectivity index (χ1) is 21.3. The van der Waals surface area contributed by atoms with E-state index in [1.165, 1.54) is 30.2 Å². The first-order valence-corrected chi connectivity index (χ1v) is 14.4. The number of hydrogen-bond acceptors (Lipinski definition) is 7. The lowest BCUT2D eigenvalue weighted by Crippen LogP contribution is -2.50. The van der Waals surface area contributed by atoms with Crippen LogP contribution in [0.4, 0.5) is 8.78 Å². The molecule has 2 atom stereocenters. The lowest BCUT2D eigenvalue weighted by molar-refractivity contribution is -0.145. The topological polar surface area (TPSA) is 113 Å². The van der Waals surface area contributed by atoms with Crippen LogP contribution in [0.2, 0.25) is 0 Å². The van der Waals surface area contributed by atoms with Crippen LogP contribution in [-0.4, -0.2) is 57.5 Å². The Hall–Kier alpha value is -4.77. The summed E-state index contributed by atoms with van der Waals surface area (Å²) in [5, 5.41) is 17.4. The first kappa shape index (κ1) is 30.7. The fourth-order valence-corrected chi connectivity index (χ4v) is 5.65. The van der Waals surface area contributed by atoms with Crippen molar-refractivity contribution in [2.45, 2.75) is 39.2 Å². The Bertz CT molecular complexity index is 1640. The Kier molecular flexibility index (Phi) is 9.54. The zero-order chi connectivity index (χ0) is 31.2. The van der Waals surface area contributed by atoms with Crippen molar-refractivity contribution < 1.29 is 23.1 Å². The number of benzene rings is 3. The van der Waals surface area contributed by atoms with Gasteiger partial charge in [0.25, 0.3) is 5.91 Å². The molecule has 0 spiro atoms. The molecule has 1 aromatic heterocycles. The number of hydrogen-bond donors (Lipinski definition) is 2. The third-order valence-electron chi connectivity index (χ3n) is 8.08. The Morgan fingerprint density at radius 2 is 1.80 bits per heavy atom. The van der Waals surface area contributed by atoms with Crippen molar-refractivity contribution >= 4 is 17.4 Å². The summed E-state index contributed by atoms with van der Waals surface area (Å²) < 4.78 is 35.9. The molecule has 11 heteroatoms. The van der Waals surface area contributed by atoms with Gasteiger partial charge < -0.3 is 10.1 Å². The number of aromatic nitrogens is 4. The van der Waals surface area contributed by atoms with Gasteiger partial charge >= 0.3 is 0 Å². The Balaban J connectivity index is 1.52. The van der Waals surface area contributed by atoms with Crippen LogP contribution >= 0.6 is 0 Å². The number of tetrazole rings is 1. The summed E-state index contributed by atoms with van der Waals surface area (Å²) in [5.41, 5.74) is 2.43. The van der Waals surface area contributed by atoms with Gasteiger partial charge in [-0.15, -0.1) is 10.2 Å². The molecule has 3 aromatic carbocycles. The van der Waals surface area contributed by atoms with Crippen LogP contribution in [-0.2, 0) is 22.4 Å². The van der Waals surface area contributed by atoms with Crippen LogP contribution < -0.4 is 10.1 Å². The van der Waals surface area contributed by atoms with Crippen molar-refractivity contribution in [2.75, 3.05) is 20.2 Å². The van der Waals surface area contributed by atoms with Gasteiger partial charge in [0.1, 0.15) is 5.82 Å². The minimum atomic E-state index is -0.890. The fraction of sp³-hybridized carbons (Fsp3) is 0.303. The number of nitrogens with one attached hydrogen (secondary N) is 2. The van der Waals surface area contributed by atoms with Crippen molar-refractivity contribution in [1.82, 2.24) is 30.8 Å². The summed E-state index contributed by atoms with van der Waals surface area (Å²) >= 11 is 0. The molecule has 228 valence electrons. The van der Waals surface area contributed by atoms with Crippen molar-refractivity contribution in [1.29, 1.82) is 0 Å². The third kappa shape index (κ3) is 6.42. The molecule has 5 rings (SSSR count). The second-order valence-corrected chi connectivity index (χ2v) is 10.8. The largest absolute Gasteiger partial charge is 0.494 e. The molecule has 1 aliphatic heterocycles. The van der Waals surface area contributed by atoms with E-state index in [2.05, 4.69) is 25.9 Å². The zero-order valence-electron chi connectivity index (χ0n) is 24.8. The molecule has 9 nitrogen and oxygen atoms in total. The summed E-state index contributed by atoms with van der Waals surface area (Å²) in [4.78, 5) is 29.6. The van der Waals surface area contributed by atoms with Crippen LogP contribution in [0.1, 0.15) is 47.5 Å². The van der Waals surface area contributed by atoms with Crippen LogP contribution in [0.25, 0.3) is 5.57 Å². The van der Waals surface area contributed by atoms with Crippen LogP contribution in [0.3, 0.4) is 0 Å². The zero-order valence-corrected chi connectivity index (χ0v) is 24.8. The van der Waals surface area contributed by atoms with Gasteiger partial charge in [-0.1, -0.05) is 59.8 Å². The van der Waals surface area contributed by atoms with Gasteiger partial charge in [-0.2, -0.15) is 5.21 Å². The van der Waals surface area contributed by atoms with Crippen LogP contribution in [0.5, 0.6) is 5.75 Å². The quantitative estimate of drug-likeness (QED) is 0.178. The minimum absolute atomic E-state index is 0.0149. The average molecular weight is 601 g/mol. The van der Waals surface area contributed by atoms with Crippen molar-refractivity contribution in [3.8, 4) is 5.75 Å². The number of halogens is 2. The number of H-pyrrole nitrogens is 1. The molecule has 2 amide bonds. The van der Waals surface area contributed by atoms with E-state index >= 15 is 8.78 Å². The monoisotopic (exact) mass is 600 g/mol. The maximum absolute atomic E-state index is 15.7. The molecule has 0 bridgehead atoms. The number of nitrogens with zero attached hydrogens (tertiary/aromatic N) is 4. The number of carbonyl (C=O) groups is 2. The van der Waals surface area contributed by atoms with Gasteiger partial charge in [-0.3, -0.25) is 14.5 Å². The standard InChI is InChI=1S/C33H34F2N6O3/c1-20-10-7-14-26(34)24(20)18-25-21(2)30(23-13-8-15-28(44-3)31(23)35)33(43)41(32(25)42)19-27(22-11-5-4-6-12-22)36-17-9-16-29-37-39-40-38-29/h4-8,10-15,25,27,36H,9,16-19H2,1-3H3,(H,37,38,39,40)/t25?,27-/m0/s1. The maximum atomic E-state index is 15.7. The number of imide groups is 1. The summed E-state index contributed by atoms with van der Waals surface area (Å²) in [6.45, 7) is 3.95. The molecule has 0 saturated carbocycles. The highest BCUT2D eigenvalue weighted by atomic mass is 19.1. The summed E-state index contributed by atoms with van der Waals surface area (Å²) in [6.07, 6.45) is 1.28. The number of carbonyl (C=O) groups excluding carboxylic acids is 2. The maximum Gasteiger partial charge on any atom is 0.261 e. The van der Waals surface area contributed by atoms with Crippen LogP contribution in [0.15, 0.2) is 72.3 Å². The lowest BCUT2D eigenvalue weighted by atomic mass is 9.81. The van der Waals surface area contributed by atoms with Gasteiger partial charge in [0.05, 0.1) is 24.6 Å². The molecule has 0 radical (unpaired) electrons. The van der Waals surface area contributed by atoms with E-state index in [-0.39, 0.29) is 29.9 Å². The molecular formula is C33H34F2N6O3. The highest BCUT2D eigenvalue weighted by Gasteiger charge is 2.41. The van der Waals surface area contributed by atoms with Gasteiger partial charge in [0.2, 0.25) is 5.91 Å². The molecule has 0 aliphatic carbocycles. The number of aryl methyl sites for hydroxylation is 2. The molecule has 0 saturated heterocycles. The molecule has 2 heterocycles. The number of rotatable bonds is 12. The summed E-state index contributed by atoms with van der Waals surface area (Å²) in [6, 6.07) is 18.4. The molecule has 1 unspecified atom stereocenters. The van der Waals surface area contributed by atoms with E-state index in [1.54, 1.807) is 32.0 Å². The smallest absolute Gasteiger partial charge is 0.261 e. The van der Waals surface area contributed by atoms with Crippen molar-refractivity contribution in [2.24, 2.45) is 5.92 Å². The molecule has 0 fully saturated rings. The molecule has 2 N–H and O–H groups in total. The van der Waals surface area contributed by atoms with Gasteiger partial charge in [0, 0.05) is 18.5 Å². The normalized spacial score (nSPS) is 16.0. The number of methoxy groups -OCH3 is 1. The molecule has 4 aromatic rings. The van der Waals surface area contributed by atoms with E-state index < -0.39 is 35.4 Å². The van der Waals surface area contributed by atoms with E-state index in [0.717, 1.165) is 5.56 Å². The predicted molar refractivity (Wildman–Crippen MR) is 160 cm³/mol. The fourth-order valence-electron chi connectivity index (χ4n) is 5.65. The van der Waals surface area contributed by atoms with Crippen molar-refractivity contribution in [3.05, 3.63) is 112 Å². The summed E-state index contributed by atoms with van der Waals surface area (Å²) in [5.74, 6) is -2.54. The van der Waals surface area contributed by atoms with E-state index in [4.69, 9.17) is 4.74 Å². The summed E-state index contributed by atoms with van der Waals surface area (Å²) in [7, 11) is 1.35. The second kappa shape index (κ2) is 13.7. The minimum Gasteiger partial charge on any atom is -0.494 e. The van der Waals surface area contributed by atoms with E-state index in [9.17, 15) is 9.59 Å². The van der Waals surface area contributed by atoms with Gasteiger partial charge in [0.15, 0.2) is 17.4 Å². The Labute approximate surface area is 254 Å². The molecule has 1 aliphatic rings. The van der Waals surface area contributed by atoms with Crippen molar-refractivity contribution in [3.63, 3.8) is 0 Å². The van der Waals surface area contributed by atoms with E-state index in [0.29, 0.717) is 41.9 Å². The predicted octanol–water partition coefficient (Wildman–Crippen LogP) is 4.76. The Morgan fingerprint density at radius 3 is 2.50 bits per heavy atom.